The first-order valence-electron chi connectivity index (χ1n) is 29.0. The van der Waals surface area contributed by atoms with Crippen LogP contribution in [0.1, 0.15) is 226 Å². The van der Waals surface area contributed by atoms with Gasteiger partial charge in [0.25, 0.3) is 0 Å². The van der Waals surface area contributed by atoms with E-state index in [4.69, 9.17) is 14.2 Å². The second-order valence-corrected chi connectivity index (χ2v) is 18.4. The summed E-state index contributed by atoms with van der Waals surface area (Å²) in [6, 6.07) is 0. The standard InChI is InChI=1S/C67H104O6/c1-4-7-10-13-16-19-22-25-27-29-31-32-33-34-36-37-39-42-45-48-51-54-57-60-66(69)72-63-64(62-71-65(68)59-56-53-50-47-44-41-24-21-18-15-12-9-6-3)73-67(70)61-58-55-52-49-46-43-40-38-35-30-28-26-23-20-17-14-11-8-5-2/h7-8,10-11,16-17,19-20,25-28,31-32,34-36,38-39,42-43,46,48,51-52,55,64H,4-6,9,12-15,18,21-24,29-30,33,37,40-41,44-45,47,49-50,53-54,56-63H2,1-3H3/b10-7-,11-8-,19-16-,20-17-,27-25-,28-26-,32-31-,36-34-,38-35-,42-39-,46-43-,51-48-,55-52-. The van der Waals surface area contributed by atoms with Crippen molar-refractivity contribution in [2.24, 2.45) is 0 Å². The average molecular weight is 1010 g/mol. The molecule has 1 unspecified atom stereocenters. The van der Waals surface area contributed by atoms with Crippen LogP contribution in [0.4, 0.5) is 0 Å². The Balaban J connectivity index is 4.60. The van der Waals surface area contributed by atoms with Gasteiger partial charge in [-0.1, -0.05) is 256 Å². The molecule has 73 heavy (non-hydrogen) atoms. The summed E-state index contributed by atoms with van der Waals surface area (Å²) in [6.45, 7) is 6.29. The van der Waals surface area contributed by atoms with Crippen LogP contribution in [0, 0.1) is 0 Å². The van der Waals surface area contributed by atoms with Gasteiger partial charge in [0, 0.05) is 19.3 Å². The first-order chi connectivity index (χ1) is 36.0. The van der Waals surface area contributed by atoms with Crippen molar-refractivity contribution in [1.29, 1.82) is 0 Å². The van der Waals surface area contributed by atoms with Gasteiger partial charge in [0.2, 0.25) is 0 Å². The predicted molar refractivity (Wildman–Crippen MR) is 315 cm³/mol. The van der Waals surface area contributed by atoms with Gasteiger partial charge in [-0.05, 0) is 109 Å². The number of carbonyl (C=O) groups excluding carboxylic acids is 3. The molecule has 0 fully saturated rings. The Morgan fingerprint density at radius 2 is 0.562 bits per heavy atom. The lowest BCUT2D eigenvalue weighted by atomic mass is 10.0. The van der Waals surface area contributed by atoms with E-state index in [1.54, 1.807) is 0 Å². The van der Waals surface area contributed by atoms with Gasteiger partial charge in [0.1, 0.15) is 13.2 Å². The molecule has 0 aromatic rings. The van der Waals surface area contributed by atoms with Gasteiger partial charge >= 0.3 is 17.9 Å². The lowest BCUT2D eigenvalue weighted by Crippen LogP contribution is -2.30. The smallest absolute Gasteiger partial charge is 0.306 e. The lowest BCUT2D eigenvalue weighted by Gasteiger charge is -2.18. The normalized spacial score (nSPS) is 13.3. The summed E-state index contributed by atoms with van der Waals surface area (Å²) in [7, 11) is 0. The highest BCUT2D eigenvalue weighted by molar-refractivity contribution is 5.71. The summed E-state index contributed by atoms with van der Waals surface area (Å²) in [5.41, 5.74) is 0. The topological polar surface area (TPSA) is 78.9 Å². The van der Waals surface area contributed by atoms with Gasteiger partial charge in [-0.3, -0.25) is 14.4 Å². The maximum Gasteiger partial charge on any atom is 0.306 e. The van der Waals surface area contributed by atoms with E-state index >= 15 is 0 Å². The third-order valence-corrected chi connectivity index (χ3v) is 11.5. The van der Waals surface area contributed by atoms with E-state index in [9.17, 15) is 14.4 Å². The van der Waals surface area contributed by atoms with E-state index in [0.717, 1.165) is 109 Å². The van der Waals surface area contributed by atoms with Crippen LogP contribution in [0.5, 0.6) is 0 Å². The van der Waals surface area contributed by atoms with Crippen LogP contribution in [0.2, 0.25) is 0 Å². The Bertz CT molecular complexity index is 1670. The molecular formula is C67H104O6. The third kappa shape index (κ3) is 57.8. The average Bonchev–Trinajstić information content (AvgIpc) is 3.39. The van der Waals surface area contributed by atoms with Gasteiger partial charge in [0.05, 0.1) is 0 Å². The molecule has 0 N–H and O–H groups in total. The van der Waals surface area contributed by atoms with Gasteiger partial charge in [-0.15, -0.1) is 0 Å². The van der Waals surface area contributed by atoms with Crippen molar-refractivity contribution in [2.75, 3.05) is 13.2 Å². The molecule has 408 valence electrons. The summed E-state index contributed by atoms with van der Waals surface area (Å²) in [5.74, 6) is -1.09. The molecule has 0 aromatic carbocycles. The van der Waals surface area contributed by atoms with E-state index in [1.807, 2.05) is 12.2 Å². The molecule has 0 aliphatic rings. The molecule has 0 saturated carbocycles. The Kier molecular flexibility index (Phi) is 55.5. The molecule has 0 radical (unpaired) electrons. The summed E-state index contributed by atoms with van der Waals surface area (Å²) in [4.78, 5) is 38.1. The largest absolute Gasteiger partial charge is 0.462 e. The van der Waals surface area contributed by atoms with E-state index in [2.05, 4.69) is 167 Å². The quantitative estimate of drug-likeness (QED) is 0.0261. The molecule has 0 heterocycles. The van der Waals surface area contributed by atoms with Crippen LogP contribution in [-0.2, 0) is 28.6 Å². The minimum atomic E-state index is -0.849. The Labute approximate surface area is 448 Å². The molecule has 6 nitrogen and oxygen atoms in total. The van der Waals surface area contributed by atoms with E-state index in [-0.39, 0.29) is 38.0 Å². The number of unbranched alkanes of at least 4 members (excludes halogenated alkanes) is 13. The zero-order chi connectivity index (χ0) is 52.9. The number of ether oxygens (including phenoxy) is 3. The molecule has 6 heteroatoms. The molecule has 0 bridgehead atoms. The second kappa shape index (κ2) is 59.6. The van der Waals surface area contributed by atoms with Crippen molar-refractivity contribution in [3.05, 3.63) is 158 Å². The predicted octanol–water partition coefficient (Wildman–Crippen LogP) is 19.8. The lowest BCUT2D eigenvalue weighted by molar-refractivity contribution is -0.166. The zero-order valence-corrected chi connectivity index (χ0v) is 46.6. The van der Waals surface area contributed by atoms with Crippen molar-refractivity contribution in [3.8, 4) is 0 Å². The number of hydrogen-bond donors (Lipinski definition) is 0. The number of hydrogen-bond acceptors (Lipinski definition) is 6. The zero-order valence-electron chi connectivity index (χ0n) is 46.6. The first-order valence-corrected chi connectivity index (χ1v) is 29.0. The highest BCUT2D eigenvalue weighted by Gasteiger charge is 2.19. The molecule has 1 atom stereocenters. The molecule has 0 aromatic heterocycles. The minimum absolute atomic E-state index is 0.131. The summed E-state index contributed by atoms with van der Waals surface area (Å²) in [5, 5.41) is 0. The van der Waals surface area contributed by atoms with Crippen LogP contribution >= 0.6 is 0 Å². The number of carbonyl (C=O) groups is 3. The van der Waals surface area contributed by atoms with Crippen molar-refractivity contribution < 1.29 is 28.6 Å². The fraction of sp³-hybridized carbons (Fsp3) is 0.567. The Morgan fingerprint density at radius 1 is 0.288 bits per heavy atom. The van der Waals surface area contributed by atoms with Gasteiger partial charge in [-0.25, -0.2) is 0 Å². The first kappa shape index (κ1) is 68.0. The second-order valence-electron chi connectivity index (χ2n) is 18.4. The number of esters is 3. The van der Waals surface area contributed by atoms with E-state index in [1.165, 1.54) is 64.2 Å². The third-order valence-electron chi connectivity index (χ3n) is 11.5. The van der Waals surface area contributed by atoms with Crippen LogP contribution < -0.4 is 0 Å². The van der Waals surface area contributed by atoms with Crippen LogP contribution in [0.15, 0.2) is 158 Å². The van der Waals surface area contributed by atoms with Crippen molar-refractivity contribution in [1.82, 2.24) is 0 Å². The van der Waals surface area contributed by atoms with Gasteiger partial charge in [-0.2, -0.15) is 0 Å². The fourth-order valence-electron chi connectivity index (χ4n) is 7.28. The van der Waals surface area contributed by atoms with Crippen molar-refractivity contribution in [2.45, 2.75) is 232 Å². The maximum absolute atomic E-state index is 12.8. The SMILES string of the molecule is CC/C=C\C/C=C\C/C=C\C/C=C\C/C=C\C/C=C\C/C=C\CCCC(=O)OCC(COC(=O)CCCCCCCCCCCCCCC)OC(=O)CC/C=C\C/C=C\C/C=C\C/C=C\C/C=C\C/C=C\CC. The number of rotatable bonds is 50. The number of allylic oxidation sites excluding steroid dienone is 26. The molecule has 0 amide bonds. The van der Waals surface area contributed by atoms with Gasteiger partial charge in [0.15, 0.2) is 6.10 Å². The summed E-state index contributed by atoms with van der Waals surface area (Å²) in [6.07, 6.45) is 86.8. The van der Waals surface area contributed by atoms with Crippen LogP contribution in [-0.4, -0.2) is 37.2 Å². The molecule has 0 spiro atoms. The monoisotopic (exact) mass is 1000 g/mol. The van der Waals surface area contributed by atoms with Crippen LogP contribution in [0.25, 0.3) is 0 Å². The summed E-state index contributed by atoms with van der Waals surface area (Å²) >= 11 is 0. The highest BCUT2D eigenvalue weighted by atomic mass is 16.6. The summed E-state index contributed by atoms with van der Waals surface area (Å²) < 4.78 is 16.7. The molecular weight excluding hydrogens is 901 g/mol. The Hall–Kier alpha value is -4.97. The molecule has 0 aliphatic heterocycles. The maximum atomic E-state index is 12.8. The highest BCUT2D eigenvalue weighted by Crippen LogP contribution is 2.14. The minimum Gasteiger partial charge on any atom is -0.462 e. The Morgan fingerprint density at radius 3 is 0.890 bits per heavy atom. The van der Waals surface area contributed by atoms with Crippen molar-refractivity contribution in [3.63, 3.8) is 0 Å². The van der Waals surface area contributed by atoms with Gasteiger partial charge < -0.3 is 14.2 Å². The fourth-order valence-corrected chi connectivity index (χ4v) is 7.28. The van der Waals surface area contributed by atoms with Crippen molar-refractivity contribution >= 4 is 17.9 Å². The van der Waals surface area contributed by atoms with E-state index in [0.29, 0.717) is 19.3 Å². The molecule has 0 rings (SSSR count). The van der Waals surface area contributed by atoms with Crippen LogP contribution in [0.3, 0.4) is 0 Å². The molecule has 0 saturated heterocycles. The molecule has 0 aliphatic carbocycles. The van der Waals surface area contributed by atoms with E-state index < -0.39 is 12.1 Å².